The molecule has 0 aliphatic carbocycles. The minimum atomic E-state index is 0.678. The van der Waals surface area contributed by atoms with Gasteiger partial charge in [0.25, 0.3) is 0 Å². The maximum atomic E-state index is 5.74. The largest absolute Gasteiger partial charge is 0.494 e. The Morgan fingerprint density at radius 3 is 2.10 bits per heavy atom. The average Bonchev–Trinajstić information content (AvgIpc) is 2.50. The number of hydrogen-bond acceptors (Lipinski definition) is 4. The lowest BCUT2D eigenvalue weighted by Gasteiger charge is -2.09. The van der Waals surface area contributed by atoms with Crippen LogP contribution in [0.2, 0.25) is 0 Å². The van der Waals surface area contributed by atoms with Gasteiger partial charge >= 0.3 is 0 Å². The van der Waals surface area contributed by atoms with Gasteiger partial charge in [-0.05, 0) is 30.7 Å². The van der Waals surface area contributed by atoms with Crippen LogP contribution in [-0.2, 0) is 0 Å². The number of aromatic nitrogens is 2. The number of methoxy groups -OCH3 is 1. The van der Waals surface area contributed by atoms with E-state index in [4.69, 9.17) is 9.47 Å². The molecule has 0 saturated carbocycles. The summed E-state index contributed by atoms with van der Waals surface area (Å²) in [5.74, 6) is 1.51. The van der Waals surface area contributed by atoms with Crippen LogP contribution in [0.3, 0.4) is 0 Å². The third-order valence-corrected chi connectivity index (χ3v) is 3.10. The first-order valence-electron chi connectivity index (χ1n) is 6.69. The van der Waals surface area contributed by atoms with Crippen molar-refractivity contribution in [3.63, 3.8) is 0 Å². The van der Waals surface area contributed by atoms with E-state index < -0.39 is 0 Å². The minimum Gasteiger partial charge on any atom is -0.494 e. The van der Waals surface area contributed by atoms with Crippen LogP contribution >= 0.6 is 0 Å². The van der Waals surface area contributed by atoms with Crippen LogP contribution in [-0.4, -0.2) is 23.7 Å². The van der Waals surface area contributed by atoms with Gasteiger partial charge < -0.3 is 9.47 Å². The molecule has 0 aliphatic heterocycles. The van der Waals surface area contributed by atoms with Gasteiger partial charge in [0, 0.05) is 0 Å². The highest BCUT2D eigenvalue weighted by atomic mass is 16.5. The molecular formula is C16H16N2O2. The SMILES string of the molecule is CCCOc1cccc2nc3c(OC)cccc3nc12. The van der Waals surface area contributed by atoms with Crippen molar-refractivity contribution in [3.05, 3.63) is 36.4 Å². The summed E-state index contributed by atoms with van der Waals surface area (Å²) in [4.78, 5) is 9.32. The van der Waals surface area contributed by atoms with E-state index in [1.165, 1.54) is 0 Å². The highest BCUT2D eigenvalue weighted by Crippen LogP contribution is 2.28. The zero-order chi connectivity index (χ0) is 13.9. The van der Waals surface area contributed by atoms with Crippen molar-refractivity contribution < 1.29 is 9.47 Å². The summed E-state index contributed by atoms with van der Waals surface area (Å²) < 4.78 is 11.1. The predicted octanol–water partition coefficient (Wildman–Crippen LogP) is 3.58. The molecule has 0 fully saturated rings. The normalized spacial score (nSPS) is 10.9. The van der Waals surface area contributed by atoms with Crippen LogP contribution in [0.1, 0.15) is 13.3 Å². The van der Waals surface area contributed by atoms with Crippen LogP contribution in [0, 0.1) is 0 Å². The van der Waals surface area contributed by atoms with Crippen molar-refractivity contribution >= 4 is 22.1 Å². The van der Waals surface area contributed by atoms with Crippen molar-refractivity contribution in [1.82, 2.24) is 9.97 Å². The van der Waals surface area contributed by atoms with Gasteiger partial charge in [-0.25, -0.2) is 9.97 Å². The number of nitrogens with zero attached hydrogens (tertiary/aromatic N) is 2. The van der Waals surface area contributed by atoms with Crippen LogP contribution in [0.4, 0.5) is 0 Å². The fraction of sp³-hybridized carbons (Fsp3) is 0.250. The molecule has 3 rings (SSSR count). The highest BCUT2D eigenvalue weighted by molar-refractivity contribution is 5.92. The Balaban J connectivity index is 2.24. The molecule has 0 bridgehead atoms. The molecule has 1 aromatic heterocycles. The van der Waals surface area contributed by atoms with Crippen LogP contribution in [0.25, 0.3) is 22.1 Å². The highest BCUT2D eigenvalue weighted by Gasteiger charge is 2.09. The van der Waals surface area contributed by atoms with E-state index in [2.05, 4.69) is 16.9 Å². The average molecular weight is 268 g/mol. The molecular weight excluding hydrogens is 252 g/mol. The maximum absolute atomic E-state index is 5.74. The van der Waals surface area contributed by atoms with Gasteiger partial charge in [0.05, 0.1) is 24.8 Å². The summed E-state index contributed by atoms with van der Waals surface area (Å²) >= 11 is 0. The summed E-state index contributed by atoms with van der Waals surface area (Å²) in [6, 6.07) is 11.5. The monoisotopic (exact) mass is 268 g/mol. The Labute approximate surface area is 117 Å². The first-order valence-corrected chi connectivity index (χ1v) is 6.69. The number of para-hydroxylation sites is 2. The lowest BCUT2D eigenvalue weighted by atomic mass is 10.2. The van der Waals surface area contributed by atoms with Crippen LogP contribution < -0.4 is 9.47 Å². The van der Waals surface area contributed by atoms with E-state index in [9.17, 15) is 0 Å². The van der Waals surface area contributed by atoms with Crippen LogP contribution in [0.15, 0.2) is 36.4 Å². The lowest BCUT2D eigenvalue weighted by Crippen LogP contribution is -1.98. The number of hydrogen-bond donors (Lipinski definition) is 0. The Morgan fingerprint density at radius 1 is 0.900 bits per heavy atom. The fourth-order valence-corrected chi connectivity index (χ4v) is 2.16. The minimum absolute atomic E-state index is 0.678. The van der Waals surface area contributed by atoms with Crippen molar-refractivity contribution in [2.75, 3.05) is 13.7 Å². The molecule has 0 saturated heterocycles. The topological polar surface area (TPSA) is 44.2 Å². The van der Waals surface area contributed by atoms with Gasteiger partial charge in [-0.1, -0.05) is 19.1 Å². The van der Waals surface area contributed by atoms with E-state index in [0.29, 0.717) is 6.61 Å². The molecule has 1 heterocycles. The second kappa shape index (κ2) is 5.33. The lowest BCUT2D eigenvalue weighted by molar-refractivity contribution is 0.320. The molecule has 0 unspecified atom stereocenters. The van der Waals surface area contributed by atoms with E-state index >= 15 is 0 Å². The molecule has 0 aliphatic rings. The summed E-state index contributed by atoms with van der Waals surface area (Å²) in [7, 11) is 1.64. The third-order valence-electron chi connectivity index (χ3n) is 3.10. The molecule has 2 aromatic carbocycles. The van der Waals surface area contributed by atoms with E-state index in [1.54, 1.807) is 7.11 Å². The molecule has 0 amide bonds. The van der Waals surface area contributed by atoms with Crippen LogP contribution in [0.5, 0.6) is 11.5 Å². The first-order chi connectivity index (χ1) is 9.83. The summed E-state index contributed by atoms with van der Waals surface area (Å²) in [6.07, 6.45) is 0.964. The molecule has 4 heteroatoms. The number of fused-ring (bicyclic) bond motifs is 2. The van der Waals surface area contributed by atoms with Gasteiger partial charge in [-0.3, -0.25) is 0 Å². The summed E-state index contributed by atoms with van der Waals surface area (Å²) in [6.45, 7) is 2.76. The van der Waals surface area contributed by atoms with E-state index in [0.717, 1.165) is 40.0 Å². The quantitative estimate of drug-likeness (QED) is 0.678. The molecule has 0 atom stereocenters. The standard InChI is InChI=1S/C16H16N2O2/c1-3-10-20-14-9-5-7-12-16(14)18-11-6-4-8-13(19-2)15(11)17-12/h4-9H,3,10H2,1-2H3. The van der Waals surface area contributed by atoms with Crippen molar-refractivity contribution in [2.45, 2.75) is 13.3 Å². The molecule has 102 valence electrons. The Bertz CT molecular complexity index is 756. The van der Waals surface area contributed by atoms with Gasteiger partial charge in [0.15, 0.2) is 0 Å². The Kier molecular flexibility index (Phi) is 3.37. The molecule has 0 radical (unpaired) electrons. The van der Waals surface area contributed by atoms with Crippen molar-refractivity contribution in [1.29, 1.82) is 0 Å². The van der Waals surface area contributed by atoms with Gasteiger partial charge in [-0.15, -0.1) is 0 Å². The number of benzene rings is 2. The summed E-state index contributed by atoms with van der Waals surface area (Å²) in [5, 5.41) is 0. The molecule has 3 aromatic rings. The first kappa shape index (κ1) is 12.7. The number of rotatable bonds is 4. The summed E-state index contributed by atoms with van der Waals surface area (Å²) in [5.41, 5.74) is 3.19. The smallest absolute Gasteiger partial charge is 0.147 e. The predicted molar refractivity (Wildman–Crippen MR) is 79.4 cm³/mol. The Morgan fingerprint density at radius 2 is 1.50 bits per heavy atom. The number of ether oxygens (including phenoxy) is 2. The van der Waals surface area contributed by atoms with Gasteiger partial charge in [-0.2, -0.15) is 0 Å². The van der Waals surface area contributed by atoms with Crippen molar-refractivity contribution in [2.24, 2.45) is 0 Å². The van der Waals surface area contributed by atoms with Crippen molar-refractivity contribution in [3.8, 4) is 11.5 Å². The second-order valence-corrected chi connectivity index (χ2v) is 4.52. The zero-order valence-corrected chi connectivity index (χ0v) is 11.6. The molecule has 20 heavy (non-hydrogen) atoms. The van der Waals surface area contributed by atoms with E-state index in [1.807, 2.05) is 36.4 Å². The molecule has 0 N–H and O–H groups in total. The molecule has 0 spiro atoms. The maximum Gasteiger partial charge on any atom is 0.147 e. The fourth-order valence-electron chi connectivity index (χ4n) is 2.16. The zero-order valence-electron chi connectivity index (χ0n) is 11.6. The molecule has 4 nitrogen and oxygen atoms in total. The second-order valence-electron chi connectivity index (χ2n) is 4.52. The van der Waals surface area contributed by atoms with E-state index in [-0.39, 0.29) is 0 Å². The Hall–Kier alpha value is -2.36. The van der Waals surface area contributed by atoms with Gasteiger partial charge in [0.1, 0.15) is 22.5 Å². The van der Waals surface area contributed by atoms with Gasteiger partial charge in [0.2, 0.25) is 0 Å². The third kappa shape index (κ3) is 2.13.